The topological polar surface area (TPSA) is 35.8 Å². The van der Waals surface area contributed by atoms with Crippen LogP contribution in [0.4, 0.5) is 11.4 Å². The Labute approximate surface area is 113 Å². The lowest BCUT2D eigenvalue weighted by molar-refractivity contribution is 1.46. The minimum absolute atomic E-state index is 0.601. The van der Waals surface area contributed by atoms with Crippen molar-refractivity contribution in [3.63, 3.8) is 0 Å². The normalized spacial score (nSPS) is 9.71. The fourth-order valence-corrected chi connectivity index (χ4v) is 2.14. The van der Waals surface area contributed by atoms with E-state index in [1.807, 2.05) is 30.3 Å². The Balaban J connectivity index is 2.30. The smallest absolute Gasteiger partial charge is 0.0992 e. The maximum absolute atomic E-state index is 8.88. The van der Waals surface area contributed by atoms with Gasteiger partial charge in [-0.15, -0.1) is 0 Å². The van der Waals surface area contributed by atoms with Gasteiger partial charge < -0.3 is 5.32 Å². The molecule has 2 aromatic carbocycles. The second kappa shape index (κ2) is 5.22. The van der Waals surface area contributed by atoms with E-state index in [0.717, 1.165) is 15.8 Å². The van der Waals surface area contributed by atoms with Crippen LogP contribution < -0.4 is 5.32 Å². The zero-order valence-electron chi connectivity index (χ0n) is 8.74. The molecule has 0 fully saturated rings. The van der Waals surface area contributed by atoms with Gasteiger partial charge in [-0.3, -0.25) is 0 Å². The van der Waals surface area contributed by atoms with Crippen molar-refractivity contribution in [1.82, 2.24) is 0 Å². The van der Waals surface area contributed by atoms with E-state index in [9.17, 15) is 0 Å². The molecular weight excluding hydrogens is 300 g/mol. The zero-order valence-corrected chi connectivity index (χ0v) is 11.1. The molecule has 1 N–H and O–H groups in total. The summed E-state index contributed by atoms with van der Waals surface area (Å²) in [6.07, 6.45) is 0. The fraction of sp³-hybridized carbons (Fsp3) is 0. The molecule has 0 heterocycles. The van der Waals surface area contributed by atoms with Gasteiger partial charge in [-0.1, -0.05) is 33.6 Å². The first-order valence-corrected chi connectivity index (χ1v) is 6.08. The molecule has 17 heavy (non-hydrogen) atoms. The van der Waals surface area contributed by atoms with Crippen molar-refractivity contribution < 1.29 is 0 Å². The lowest BCUT2D eigenvalue weighted by Crippen LogP contribution is -1.91. The van der Waals surface area contributed by atoms with Crippen molar-refractivity contribution in [2.45, 2.75) is 0 Å². The van der Waals surface area contributed by atoms with Gasteiger partial charge in [0.2, 0.25) is 0 Å². The van der Waals surface area contributed by atoms with Crippen LogP contribution in [0.5, 0.6) is 0 Å². The van der Waals surface area contributed by atoms with Crippen molar-refractivity contribution in [3.05, 3.63) is 57.5 Å². The SMILES string of the molecule is N#Cc1cc(Br)cc(Nc2cccc(Cl)c2)c1. The van der Waals surface area contributed by atoms with E-state index >= 15 is 0 Å². The summed E-state index contributed by atoms with van der Waals surface area (Å²) < 4.78 is 0.862. The van der Waals surface area contributed by atoms with E-state index in [4.69, 9.17) is 16.9 Å². The van der Waals surface area contributed by atoms with E-state index in [1.54, 1.807) is 12.1 Å². The van der Waals surface area contributed by atoms with Gasteiger partial charge in [0, 0.05) is 20.9 Å². The minimum Gasteiger partial charge on any atom is -0.355 e. The van der Waals surface area contributed by atoms with E-state index in [2.05, 4.69) is 27.3 Å². The molecule has 2 rings (SSSR count). The minimum atomic E-state index is 0.601. The average molecular weight is 308 g/mol. The summed E-state index contributed by atoms with van der Waals surface area (Å²) in [6.45, 7) is 0. The highest BCUT2D eigenvalue weighted by molar-refractivity contribution is 9.10. The van der Waals surface area contributed by atoms with Crippen LogP contribution in [0.25, 0.3) is 0 Å². The Kier molecular flexibility index (Phi) is 3.68. The Morgan fingerprint density at radius 1 is 1.12 bits per heavy atom. The molecule has 0 bridgehead atoms. The summed E-state index contributed by atoms with van der Waals surface area (Å²) in [5, 5.41) is 12.7. The zero-order chi connectivity index (χ0) is 12.3. The monoisotopic (exact) mass is 306 g/mol. The summed E-state index contributed by atoms with van der Waals surface area (Å²) in [5.74, 6) is 0. The van der Waals surface area contributed by atoms with Crippen molar-refractivity contribution in [2.75, 3.05) is 5.32 Å². The largest absolute Gasteiger partial charge is 0.355 e. The highest BCUT2D eigenvalue weighted by atomic mass is 79.9. The molecule has 0 atom stereocenters. The summed E-state index contributed by atoms with van der Waals surface area (Å²) in [4.78, 5) is 0. The Hall–Kier alpha value is -1.50. The highest BCUT2D eigenvalue weighted by Gasteiger charge is 2.00. The number of hydrogen-bond acceptors (Lipinski definition) is 2. The molecule has 0 aliphatic rings. The van der Waals surface area contributed by atoms with Crippen molar-refractivity contribution in [1.29, 1.82) is 5.26 Å². The highest BCUT2D eigenvalue weighted by Crippen LogP contribution is 2.24. The van der Waals surface area contributed by atoms with E-state index in [0.29, 0.717) is 10.6 Å². The second-order valence-electron chi connectivity index (χ2n) is 3.48. The predicted octanol–water partition coefficient (Wildman–Crippen LogP) is 4.72. The van der Waals surface area contributed by atoms with E-state index < -0.39 is 0 Å². The van der Waals surface area contributed by atoms with Crippen LogP contribution in [0.2, 0.25) is 5.02 Å². The van der Waals surface area contributed by atoms with Gasteiger partial charge in [0.25, 0.3) is 0 Å². The van der Waals surface area contributed by atoms with Gasteiger partial charge in [-0.05, 0) is 36.4 Å². The van der Waals surface area contributed by atoms with Crippen LogP contribution in [0.3, 0.4) is 0 Å². The first-order chi connectivity index (χ1) is 8.17. The third-order valence-electron chi connectivity index (χ3n) is 2.14. The molecule has 0 amide bonds. The van der Waals surface area contributed by atoms with Gasteiger partial charge in [0.15, 0.2) is 0 Å². The molecule has 0 aliphatic carbocycles. The number of nitrogens with one attached hydrogen (secondary N) is 1. The maximum atomic E-state index is 8.88. The summed E-state index contributed by atoms with van der Waals surface area (Å²) in [7, 11) is 0. The number of benzene rings is 2. The Morgan fingerprint density at radius 2 is 1.94 bits per heavy atom. The van der Waals surface area contributed by atoms with Gasteiger partial charge in [-0.2, -0.15) is 5.26 Å². The second-order valence-corrected chi connectivity index (χ2v) is 4.83. The van der Waals surface area contributed by atoms with Gasteiger partial charge >= 0.3 is 0 Å². The molecular formula is C13H8BrClN2. The Bertz CT molecular complexity index is 590. The van der Waals surface area contributed by atoms with E-state index in [-0.39, 0.29) is 0 Å². The molecule has 2 aromatic rings. The number of nitriles is 1. The third-order valence-corrected chi connectivity index (χ3v) is 2.83. The molecule has 0 aromatic heterocycles. The van der Waals surface area contributed by atoms with Crippen LogP contribution in [0, 0.1) is 11.3 Å². The van der Waals surface area contributed by atoms with Crippen molar-refractivity contribution in [2.24, 2.45) is 0 Å². The number of anilines is 2. The molecule has 0 aliphatic heterocycles. The molecule has 2 nitrogen and oxygen atoms in total. The van der Waals surface area contributed by atoms with Gasteiger partial charge in [-0.25, -0.2) is 0 Å². The van der Waals surface area contributed by atoms with Crippen molar-refractivity contribution in [3.8, 4) is 6.07 Å². The summed E-state index contributed by atoms with van der Waals surface area (Å²) in [6, 6.07) is 15.0. The fourth-order valence-electron chi connectivity index (χ4n) is 1.46. The van der Waals surface area contributed by atoms with Crippen LogP contribution in [0.15, 0.2) is 46.9 Å². The van der Waals surface area contributed by atoms with Gasteiger partial charge in [0.05, 0.1) is 11.6 Å². The summed E-state index contributed by atoms with van der Waals surface area (Å²) in [5.41, 5.74) is 2.33. The van der Waals surface area contributed by atoms with Crippen LogP contribution in [0.1, 0.15) is 5.56 Å². The number of rotatable bonds is 2. The maximum Gasteiger partial charge on any atom is 0.0992 e. The van der Waals surface area contributed by atoms with E-state index in [1.165, 1.54) is 0 Å². The third kappa shape index (κ3) is 3.23. The quantitative estimate of drug-likeness (QED) is 0.871. The molecule has 0 saturated heterocycles. The Morgan fingerprint density at radius 3 is 2.65 bits per heavy atom. The number of hydrogen-bond donors (Lipinski definition) is 1. The van der Waals surface area contributed by atoms with Gasteiger partial charge in [0.1, 0.15) is 0 Å². The van der Waals surface area contributed by atoms with Crippen molar-refractivity contribution >= 4 is 38.9 Å². The molecule has 0 radical (unpaired) electrons. The first-order valence-electron chi connectivity index (χ1n) is 4.90. The molecule has 0 spiro atoms. The average Bonchev–Trinajstić information content (AvgIpc) is 2.28. The molecule has 4 heteroatoms. The van der Waals surface area contributed by atoms with Crippen LogP contribution >= 0.6 is 27.5 Å². The first kappa shape index (κ1) is 12.0. The lowest BCUT2D eigenvalue weighted by atomic mass is 10.2. The lowest BCUT2D eigenvalue weighted by Gasteiger charge is -2.07. The van der Waals surface area contributed by atoms with Crippen LogP contribution in [-0.2, 0) is 0 Å². The summed E-state index contributed by atoms with van der Waals surface area (Å²) >= 11 is 9.26. The molecule has 0 unspecified atom stereocenters. The predicted molar refractivity (Wildman–Crippen MR) is 73.6 cm³/mol. The van der Waals surface area contributed by atoms with Crippen LogP contribution in [-0.4, -0.2) is 0 Å². The molecule has 84 valence electrons. The molecule has 0 saturated carbocycles. The number of halogens is 2. The standard InChI is InChI=1S/C13H8BrClN2/c14-10-4-9(8-16)5-13(6-10)17-12-3-1-2-11(15)7-12/h1-7,17H. The number of nitrogens with zero attached hydrogens (tertiary/aromatic N) is 1.